The maximum atomic E-state index is 12.2. The molecule has 0 aliphatic carbocycles. The molecule has 0 fully saturated rings. The van der Waals surface area contributed by atoms with Crippen molar-refractivity contribution in [3.63, 3.8) is 0 Å². The van der Waals surface area contributed by atoms with Crippen molar-refractivity contribution in [2.75, 3.05) is 19.3 Å². The number of nitrogens with zero attached hydrogens (tertiary/aromatic N) is 1. The summed E-state index contributed by atoms with van der Waals surface area (Å²) in [5, 5.41) is 10.3. The van der Waals surface area contributed by atoms with E-state index in [1.54, 1.807) is 0 Å². The van der Waals surface area contributed by atoms with Crippen molar-refractivity contribution in [2.45, 2.75) is 18.1 Å². The predicted octanol–water partition coefficient (Wildman–Crippen LogP) is 1.33. The lowest BCUT2D eigenvalue weighted by molar-refractivity contribution is -0.137. The Morgan fingerprint density at radius 3 is 2.40 bits per heavy atom. The summed E-state index contributed by atoms with van der Waals surface area (Å²) >= 11 is 0.957. The minimum absolute atomic E-state index is 0.0978. The average Bonchev–Trinajstić information content (AvgIpc) is 2.74. The van der Waals surface area contributed by atoms with Crippen molar-refractivity contribution in [1.29, 1.82) is 0 Å². The van der Waals surface area contributed by atoms with Crippen molar-refractivity contribution in [1.82, 2.24) is 4.90 Å². The van der Waals surface area contributed by atoms with Crippen LogP contribution in [0.2, 0.25) is 0 Å². The van der Waals surface area contributed by atoms with Gasteiger partial charge in [-0.05, 0) is 12.0 Å². The van der Waals surface area contributed by atoms with Crippen LogP contribution in [0.25, 0.3) is 0 Å². The van der Waals surface area contributed by atoms with Gasteiger partial charge in [-0.3, -0.25) is 9.59 Å². The molecular weight excluding hydrogens is 302 g/mol. The molecule has 0 spiro atoms. The van der Waals surface area contributed by atoms with Crippen LogP contribution in [0.5, 0.6) is 0 Å². The highest BCUT2D eigenvalue weighted by Gasteiger charge is 2.22. The number of amides is 1. The van der Waals surface area contributed by atoms with Gasteiger partial charge in [0, 0.05) is 18.2 Å². The molecule has 1 aromatic heterocycles. The Bertz CT molecular complexity index is 603. The van der Waals surface area contributed by atoms with Crippen LogP contribution in [0.3, 0.4) is 0 Å². The normalized spacial score (nSPS) is 11.6. The van der Waals surface area contributed by atoms with E-state index in [1.165, 1.54) is 16.3 Å². The lowest BCUT2D eigenvalue weighted by Crippen LogP contribution is -2.38. The highest BCUT2D eigenvalue weighted by molar-refractivity contribution is 7.92. The molecule has 112 valence electrons. The maximum Gasteiger partial charge on any atom is 0.323 e. The summed E-state index contributed by atoms with van der Waals surface area (Å²) in [6.07, 6.45) is 1.07. The Kier molecular flexibility index (Phi) is 5.29. The zero-order chi connectivity index (χ0) is 15.5. The fraction of sp³-hybridized carbons (Fsp3) is 0.500. The van der Waals surface area contributed by atoms with E-state index < -0.39 is 28.3 Å². The quantitative estimate of drug-likeness (QED) is 0.854. The lowest BCUT2D eigenvalue weighted by atomic mass is 10.2. The van der Waals surface area contributed by atoms with E-state index in [9.17, 15) is 18.0 Å². The molecule has 0 radical (unpaired) electrons. The van der Waals surface area contributed by atoms with Crippen molar-refractivity contribution in [3.8, 4) is 0 Å². The van der Waals surface area contributed by atoms with Crippen molar-refractivity contribution >= 4 is 33.1 Å². The maximum absolute atomic E-state index is 12.2. The molecule has 8 heteroatoms. The van der Waals surface area contributed by atoms with E-state index >= 15 is 0 Å². The molecule has 1 N–H and O–H groups in total. The van der Waals surface area contributed by atoms with Crippen LogP contribution in [0.4, 0.5) is 0 Å². The fourth-order valence-corrected chi connectivity index (χ4v) is 3.42. The van der Waals surface area contributed by atoms with Gasteiger partial charge in [0.2, 0.25) is 0 Å². The average molecular weight is 319 g/mol. The number of hydrogen-bond donors (Lipinski definition) is 1. The summed E-state index contributed by atoms with van der Waals surface area (Å²) in [4.78, 5) is 24.2. The number of carbonyl (C=O) groups is 2. The van der Waals surface area contributed by atoms with Crippen LogP contribution in [0, 0.1) is 5.92 Å². The van der Waals surface area contributed by atoms with Crippen molar-refractivity contribution < 1.29 is 23.1 Å². The number of carbonyl (C=O) groups excluding carboxylic acids is 1. The van der Waals surface area contributed by atoms with Gasteiger partial charge in [0.15, 0.2) is 9.84 Å². The largest absolute Gasteiger partial charge is 0.480 e. The summed E-state index contributed by atoms with van der Waals surface area (Å²) in [6, 6.07) is 1.29. The molecule has 1 aromatic rings. The third kappa shape index (κ3) is 4.61. The van der Waals surface area contributed by atoms with Gasteiger partial charge in [-0.25, -0.2) is 8.42 Å². The Morgan fingerprint density at radius 1 is 1.40 bits per heavy atom. The molecule has 1 heterocycles. The summed E-state index contributed by atoms with van der Waals surface area (Å²) in [6.45, 7) is 3.64. The van der Waals surface area contributed by atoms with Crippen LogP contribution < -0.4 is 0 Å². The topological polar surface area (TPSA) is 91.8 Å². The standard InChI is InChI=1S/C12H17NO5S2/c1-8(2)5-13(6-10(14)15)12(16)9-4-11(19-7-9)20(3,17)18/h4,7-8H,5-6H2,1-3H3,(H,14,15). The number of carboxylic acid groups (broad SMARTS) is 1. The third-order valence-electron chi connectivity index (χ3n) is 2.39. The molecule has 0 saturated carbocycles. The predicted molar refractivity (Wildman–Crippen MR) is 75.8 cm³/mol. The van der Waals surface area contributed by atoms with Crippen LogP contribution in [0.15, 0.2) is 15.7 Å². The van der Waals surface area contributed by atoms with Crippen molar-refractivity contribution in [3.05, 3.63) is 17.0 Å². The van der Waals surface area contributed by atoms with Gasteiger partial charge >= 0.3 is 5.97 Å². The Hall–Kier alpha value is -1.41. The first kappa shape index (κ1) is 16.6. The Labute approximate surface area is 121 Å². The van der Waals surface area contributed by atoms with Crippen LogP contribution in [-0.2, 0) is 14.6 Å². The van der Waals surface area contributed by atoms with Gasteiger partial charge in [-0.1, -0.05) is 13.8 Å². The number of sulfone groups is 1. The van der Waals surface area contributed by atoms with Crippen LogP contribution >= 0.6 is 11.3 Å². The first-order valence-electron chi connectivity index (χ1n) is 5.91. The molecule has 0 bridgehead atoms. The van der Waals surface area contributed by atoms with E-state index in [-0.39, 0.29) is 15.7 Å². The summed E-state index contributed by atoms with van der Waals surface area (Å²) in [7, 11) is -3.36. The third-order valence-corrected chi connectivity index (χ3v) is 5.15. The number of thiophene rings is 1. The van der Waals surface area contributed by atoms with Gasteiger partial charge in [-0.2, -0.15) is 0 Å². The van der Waals surface area contributed by atoms with E-state index in [0.717, 1.165) is 17.6 Å². The zero-order valence-electron chi connectivity index (χ0n) is 11.5. The highest BCUT2D eigenvalue weighted by Crippen LogP contribution is 2.21. The van der Waals surface area contributed by atoms with E-state index in [4.69, 9.17) is 5.11 Å². The van der Waals surface area contributed by atoms with Crippen molar-refractivity contribution in [2.24, 2.45) is 5.92 Å². The van der Waals surface area contributed by atoms with Gasteiger partial charge in [0.1, 0.15) is 10.8 Å². The van der Waals surface area contributed by atoms with Crippen LogP contribution in [-0.4, -0.2) is 49.6 Å². The smallest absolute Gasteiger partial charge is 0.323 e. The minimum atomic E-state index is -3.36. The Balaban J connectivity index is 3.00. The van der Waals surface area contributed by atoms with Crippen LogP contribution in [0.1, 0.15) is 24.2 Å². The van der Waals surface area contributed by atoms with Gasteiger partial charge < -0.3 is 10.0 Å². The summed E-state index contributed by atoms with van der Waals surface area (Å²) in [5.41, 5.74) is 0.206. The lowest BCUT2D eigenvalue weighted by Gasteiger charge is -2.22. The highest BCUT2D eigenvalue weighted by atomic mass is 32.2. The number of rotatable bonds is 6. The first-order chi connectivity index (χ1) is 9.11. The SMILES string of the molecule is CC(C)CN(CC(=O)O)C(=O)c1csc(S(C)(=O)=O)c1. The molecule has 0 aliphatic rings. The number of hydrogen-bond acceptors (Lipinski definition) is 5. The molecule has 0 saturated heterocycles. The second kappa shape index (κ2) is 6.36. The molecule has 1 amide bonds. The van der Waals surface area contributed by atoms with E-state index in [1.807, 2.05) is 13.8 Å². The molecule has 0 atom stereocenters. The second-order valence-electron chi connectivity index (χ2n) is 4.90. The molecule has 6 nitrogen and oxygen atoms in total. The number of aliphatic carboxylic acids is 1. The number of carboxylic acids is 1. The van der Waals surface area contributed by atoms with Gasteiger partial charge in [0.25, 0.3) is 5.91 Å². The Morgan fingerprint density at radius 2 is 2.00 bits per heavy atom. The first-order valence-corrected chi connectivity index (χ1v) is 8.68. The minimum Gasteiger partial charge on any atom is -0.480 e. The molecule has 1 rings (SSSR count). The second-order valence-corrected chi connectivity index (χ2v) is 8.05. The van der Waals surface area contributed by atoms with E-state index in [2.05, 4.69) is 0 Å². The van der Waals surface area contributed by atoms with E-state index in [0.29, 0.717) is 6.54 Å². The van der Waals surface area contributed by atoms with Gasteiger partial charge in [0.05, 0.1) is 5.56 Å². The fourth-order valence-electron chi connectivity index (χ4n) is 1.63. The molecular formula is C12H17NO5S2. The summed E-state index contributed by atoms with van der Waals surface area (Å²) in [5.74, 6) is -1.45. The molecule has 0 aliphatic heterocycles. The molecule has 20 heavy (non-hydrogen) atoms. The van der Waals surface area contributed by atoms with Gasteiger partial charge in [-0.15, -0.1) is 11.3 Å². The molecule has 0 aromatic carbocycles. The molecule has 0 unspecified atom stereocenters. The summed E-state index contributed by atoms with van der Waals surface area (Å²) < 4.78 is 22.9. The monoisotopic (exact) mass is 319 g/mol. The zero-order valence-corrected chi connectivity index (χ0v) is 13.1.